The first-order chi connectivity index (χ1) is 14.9. The molecule has 6 rings (SSSR count). The van der Waals surface area contributed by atoms with Crippen LogP contribution in [0.4, 0.5) is 4.39 Å². The van der Waals surface area contributed by atoms with Crippen LogP contribution in [0.2, 0.25) is 0 Å². The molecule has 1 aliphatic heterocycles. The summed E-state index contributed by atoms with van der Waals surface area (Å²) in [6.07, 6.45) is 7.84. The van der Waals surface area contributed by atoms with E-state index in [4.69, 9.17) is 0 Å². The molecule has 0 amide bonds. The molecule has 158 valence electrons. The Bertz CT molecular complexity index is 1420. The molecule has 4 aromatic rings. The maximum Gasteiger partial charge on any atom is 0.261 e. The number of fused-ring (bicyclic) bond motifs is 2. The molecule has 1 N–H and O–H groups in total. The number of piperidine rings is 1. The van der Waals surface area contributed by atoms with Crippen LogP contribution < -0.4 is 10.9 Å². The van der Waals surface area contributed by atoms with Gasteiger partial charge in [-0.3, -0.25) is 4.79 Å². The number of pyridine rings is 1. The van der Waals surface area contributed by atoms with Crippen molar-refractivity contribution in [2.45, 2.75) is 51.1 Å². The molecule has 6 nitrogen and oxygen atoms in total. The lowest BCUT2D eigenvalue weighted by atomic mass is 9.96. The van der Waals surface area contributed by atoms with Gasteiger partial charge in [0.15, 0.2) is 5.65 Å². The van der Waals surface area contributed by atoms with Crippen LogP contribution in [0.3, 0.4) is 0 Å². The van der Waals surface area contributed by atoms with Crippen LogP contribution >= 0.6 is 0 Å². The van der Waals surface area contributed by atoms with Crippen LogP contribution in [0.15, 0.2) is 41.5 Å². The average Bonchev–Trinajstić information content (AvgIpc) is 3.35. The number of hydrogen-bond acceptors (Lipinski definition) is 4. The molecule has 4 heterocycles. The van der Waals surface area contributed by atoms with Gasteiger partial charge in [0.25, 0.3) is 5.56 Å². The fraction of sp³-hybridized carbons (Fsp3) is 0.375. The van der Waals surface area contributed by atoms with Gasteiger partial charge in [-0.05, 0) is 81.3 Å². The molecule has 1 aliphatic carbocycles. The van der Waals surface area contributed by atoms with E-state index >= 15 is 4.39 Å². The molecule has 1 aromatic carbocycles. The summed E-state index contributed by atoms with van der Waals surface area (Å²) in [4.78, 5) is 17.7. The molecule has 3 aromatic heterocycles. The summed E-state index contributed by atoms with van der Waals surface area (Å²) in [6.45, 7) is 4.79. The van der Waals surface area contributed by atoms with E-state index in [0.717, 1.165) is 49.1 Å². The number of aryl methyl sites for hydroxylation is 2. The number of aromatic nitrogens is 4. The normalized spacial score (nSPS) is 20.0. The maximum absolute atomic E-state index is 15.3. The predicted molar refractivity (Wildman–Crippen MR) is 118 cm³/mol. The van der Waals surface area contributed by atoms with Crippen LogP contribution in [-0.4, -0.2) is 31.2 Å². The molecule has 31 heavy (non-hydrogen) atoms. The van der Waals surface area contributed by atoms with Crippen molar-refractivity contribution >= 4 is 16.4 Å². The van der Waals surface area contributed by atoms with Crippen molar-refractivity contribution in [2.75, 3.05) is 6.54 Å². The van der Waals surface area contributed by atoms with Crippen LogP contribution in [0.25, 0.3) is 27.7 Å². The summed E-state index contributed by atoms with van der Waals surface area (Å²) in [5, 5.41) is 8.95. The average molecular weight is 417 g/mol. The highest BCUT2D eigenvalue weighted by molar-refractivity contribution is 5.86. The van der Waals surface area contributed by atoms with Crippen molar-refractivity contribution in [3.63, 3.8) is 0 Å². The van der Waals surface area contributed by atoms with Gasteiger partial charge >= 0.3 is 0 Å². The molecule has 0 radical (unpaired) electrons. The second-order valence-electron chi connectivity index (χ2n) is 9.17. The van der Waals surface area contributed by atoms with E-state index < -0.39 is 5.82 Å². The lowest BCUT2D eigenvalue weighted by Crippen LogP contribution is -2.42. The Kier molecular flexibility index (Phi) is 3.90. The smallest absolute Gasteiger partial charge is 0.261 e. The zero-order valence-electron chi connectivity index (χ0n) is 17.7. The summed E-state index contributed by atoms with van der Waals surface area (Å²) in [5.41, 5.74) is 3.90. The van der Waals surface area contributed by atoms with Gasteiger partial charge in [0.05, 0.1) is 23.0 Å². The first kappa shape index (κ1) is 18.7. The molecule has 0 unspecified atom stereocenters. The van der Waals surface area contributed by atoms with Crippen LogP contribution in [0.5, 0.6) is 0 Å². The van der Waals surface area contributed by atoms with Crippen molar-refractivity contribution in [3.05, 3.63) is 64.1 Å². The van der Waals surface area contributed by atoms with E-state index in [2.05, 4.69) is 15.4 Å². The van der Waals surface area contributed by atoms with Crippen molar-refractivity contribution in [1.29, 1.82) is 0 Å². The fourth-order valence-corrected chi connectivity index (χ4v) is 5.06. The van der Waals surface area contributed by atoms with Gasteiger partial charge in [-0.25, -0.2) is 13.9 Å². The maximum atomic E-state index is 15.3. The Balaban J connectivity index is 1.45. The highest BCUT2D eigenvalue weighted by atomic mass is 19.1. The van der Waals surface area contributed by atoms with E-state index in [9.17, 15) is 4.79 Å². The molecular weight excluding hydrogens is 393 g/mol. The third-order valence-electron chi connectivity index (χ3n) is 6.86. The number of imidazole rings is 1. The van der Waals surface area contributed by atoms with Gasteiger partial charge in [-0.15, -0.1) is 0 Å². The summed E-state index contributed by atoms with van der Waals surface area (Å²) in [7, 11) is 0. The minimum atomic E-state index is -0.497. The van der Waals surface area contributed by atoms with Gasteiger partial charge in [-0.1, -0.05) is 0 Å². The monoisotopic (exact) mass is 417 g/mol. The number of rotatable bonds is 2. The summed E-state index contributed by atoms with van der Waals surface area (Å²) >= 11 is 0. The number of halogens is 1. The highest BCUT2D eigenvalue weighted by Crippen LogP contribution is 2.45. The minimum absolute atomic E-state index is 0.121. The van der Waals surface area contributed by atoms with E-state index in [1.54, 1.807) is 9.08 Å². The zero-order valence-corrected chi connectivity index (χ0v) is 17.7. The number of hydrogen-bond donors (Lipinski definition) is 1. The third kappa shape index (κ3) is 2.98. The first-order valence-corrected chi connectivity index (χ1v) is 10.9. The number of benzene rings is 1. The van der Waals surface area contributed by atoms with Crippen LogP contribution in [0, 0.1) is 19.7 Å². The topological polar surface area (TPSA) is 64.2 Å². The number of nitrogens with zero attached hydrogens (tertiary/aromatic N) is 4. The molecular formula is C24H24FN5O. The van der Waals surface area contributed by atoms with Gasteiger partial charge in [0, 0.05) is 23.3 Å². The quantitative estimate of drug-likeness (QED) is 0.537. The minimum Gasteiger partial charge on any atom is -0.312 e. The second-order valence-corrected chi connectivity index (χ2v) is 9.17. The molecule has 7 heteroatoms. The lowest BCUT2D eigenvalue weighted by molar-refractivity contribution is 0.282. The van der Waals surface area contributed by atoms with Crippen molar-refractivity contribution < 1.29 is 4.39 Å². The van der Waals surface area contributed by atoms with E-state index in [1.165, 1.54) is 6.07 Å². The van der Waals surface area contributed by atoms with Gasteiger partial charge in [0.2, 0.25) is 0 Å². The molecule has 1 saturated carbocycles. The van der Waals surface area contributed by atoms with E-state index in [1.807, 2.05) is 44.4 Å². The van der Waals surface area contributed by atoms with Crippen LogP contribution in [0.1, 0.15) is 43.0 Å². The van der Waals surface area contributed by atoms with Crippen molar-refractivity contribution in [2.24, 2.45) is 0 Å². The molecule has 1 saturated heterocycles. The SMILES string of the molecule is Cc1cn2nc(-c3cc(F)c4c(=O)n([C@H]5CCNC6(CC6)C5)ccc4c3)cc(C)c2n1. The molecule has 1 spiro atoms. The fourth-order valence-electron chi connectivity index (χ4n) is 5.06. The van der Waals surface area contributed by atoms with Crippen LogP contribution in [-0.2, 0) is 0 Å². The van der Waals surface area contributed by atoms with Gasteiger partial charge in [-0.2, -0.15) is 5.10 Å². The predicted octanol–water partition coefficient (Wildman–Crippen LogP) is 3.92. The summed E-state index contributed by atoms with van der Waals surface area (Å²) in [5.74, 6) is -0.497. The van der Waals surface area contributed by atoms with Gasteiger partial charge < -0.3 is 9.88 Å². The van der Waals surface area contributed by atoms with E-state index in [-0.39, 0.29) is 22.5 Å². The molecule has 2 aliphatic rings. The molecule has 1 atom stereocenters. The van der Waals surface area contributed by atoms with Crippen molar-refractivity contribution in [3.8, 4) is 11.3 Å². The Morgan fingerprint density at radius 3 is 2.87 bits per heavy atom. The second kappa shape index (κ2) is 6.47. The zero-order chi connectivity index (χ0) is 21.3. The molecule has 2 fully saturated rings. The van der Waals surface area contributed by atoms with E-state index in [0.29, 0.717) is 16.6 Å². The first-order valence-electron chi connectivity index (χ1n) is 10.9. The summed E-state index contributed by atoms with van der Waals surface area (Å²) < 4.78 is 18.7. The Hall–Kier alpha value is -3.06. The highest BCUT2D eigenvalue weighted by Gasteiger charge is 2.46. The van der Waals surface area contributed by atoms with Crippen molar-refractivity contribution in [1.82, 2.24) is 24.5 Å². The largest absolute Gasteiger partial charge is 0.312 e. The van der Waals surface area contributed by atoms with Gasteiger partial charge in [0.1, 0.15) is 5.82 Å². The third-order valence-corrected chi connectivity index (χ3v) is 6.86. The Morgan fingerprint density at radius 1 is 1.23 bits per heavy atom. The molecule has 0 bridgehead atoms. The Labute approximate surface area is 178 Å². The Morgan fingerprint density at radius 2 is 2.06 bits per heavy atom. The standard InChI is InChI=1S/C24H24FN5O/c1-14-9-20(28-30-13-15(2)27-22(14)30)17-10-16-4-8-29(23(31)21(16)19(25)11-17)18-3-7-26-24(12-18)5-6-24/h4,8-11,13,18,26H,3,5-7,12H2,1-2H3/t18-/m0/s1. The summed E-state index contributed by atoms with van der Waals surface area (Å²) in [6, 6.07) is 7.17. The number of nitrogens with one attached hydrogen (secondary N) is 1. The lowest BCUT2D eigenvalue weighted by Gasteiger charge is -2.31.